The monoisotopic (exact) mass is 608 g/mol. The highest BCUT2D eigenvalue weighted by atomic mass is 19.4. The molecule has 5 rings (SSSR count). The number of alkyl halides is 6. The summed E-state index contributed by atoms with van der Waals surface area (Å²) in [6, 6.07) is 11.0. The number of nitrogens with zero attached hydrogens (tertiary/aromatic N) is 1. The maximum absolute atomic E-state index is 12.9. The van der Waals surface area contributed by atoms with Crippen molar-refractivity contribution in [3.8, 4) is 11.4 Å². The minimum Gasteiger partial charge on any atom is -0.338 e. The van der Waals surface area contributed by atoms with Gasteiger partial charge in [0.05, 0.1) is 11.0 Å². The SMILES string of the molecule is O=C(Nc1ccc(-c2nc3ccc(NC(=O)C4CCCC4C(=O)C(F)(F)F)cc3[nH]2)cc1)C1CCCC1C(=O)C(F)(F)F. The number of aromatic amines is 1. The number of halogens is 6. The van der Waals surface area contributed by atoms with Gasteiger partial charge in [0.2, 0.25) is 23.4 Å². The Balaban J connectivity index is 1.24. The maximum Gasteiger partial charge on any atom is 0.450 e. The van der Waals surface area contributed by atoms with E-state index in [1.807, 2.05) is 0 Å². The van der Waals surface area contributed by atoms with E-state index >= 15 is 0 Å². The Bertz CT molecular complexity index is 1560. The molecule has 0 aliphatic heterocycles. The number of hydrogen-bond donors (Lipinski definition) is 3. The summed E-state index contributed by atoms with van der Waals surface area (Å²) < 4.78 is 77.6. The van der Waals surface area contributed by atoms with Crippen LogP contribution in [0.25, 0.3) is 22.4 Å². The van der Waals surface area contributed by atoms with Crippen molar-refractivity contribution in [1.29, 1.82) is 0 Å². The van der Waals surface area contributed by atoms with Crippen LogP contribution in [0.4, 0.5) is 37.7 Å². The Kier molecular flexibility index (Phi) is 8.05. The fraction of sp³-hybridized carbons (Fsp3) is 0.414. The molecule has 2 aliphatic rings. The van der Waals surface area contributed by atoms with Crippen LogP contribution in [-0.2, 0) is 19.2 Å². The van der Waals surface area contributed by atoms with Gasteiger partial charge in [0, 0.05) is 40.6 Å². The molecular formula is C29H26F6N4O4. The van der Waals surface area contributed by atoms with Gasteiger partial charge in [-0.2, -0.15) is 26.3 Å². The predicted molar refractivity (Wildman–Crippen MR) is 143 cm³/mol. The molecular weight excluding hydrogens is 582 g/mol. The van der Waals surface area contributed by atoms with E-state index in [1.165, 1.54) is 0 Å². The van der Waals surface area contributed by atoms with Crippen molar-refractivity contribution in [2.45, 2.75) is 50.9 Å². The summed E-state index contributed by atoms with van der Waals surface area (Å²) >= 11 is 0. The summed E-state index contributed by atoms with van der Waals surface area (Å²) in [5.41, 5.74) is 2.28. The van der Waals surface area contributed by atoms with Crippen LogP contribution in [0.3, 0.4) is 0 Å². The van der Waals surface area contributed by atoms with E-state index < -0.39 is 59.4 Å². The minimum atomic E-state index is -5.00. The summed E-state index contributed by atoms with van der Waals surface area (Å²) in [6.07, 6.45) is -8.94. The number of aromatic nitrogens is 2. The highest BCUT2D eigenvalue weighted by molar-refractivity contribution is 6.00. The largest absolute Gasteiger partial charge is 0.450 e. The lowest BCUT2D eigenvalue weighted by molar-refractivity contribution is -0.177. The first-order valence-electron chi connectivity index (χ1n) is 13.7. The van der Waals surface area contributed by atoms with Crippen LogP contribution in [0.2, 0.25) is 0 Å². The van der Waals surface area contributed by atoms with Gasteiger partial charge in [0.1, 0.15) is 5.82 Å². The first-order chi connectivity index (χ1) is 20.2. The van der Waals surface area contributed by atoms with Crippen LogP contribution in [0.15, 0.2) is 42.5 Å². The molecule has 3 N–H and O–H groups in total. The number of amides is 2. The molecule has 3 aromatic rings. The molecule has 2 fully saturated rings. The van der Waals surface area contributed by atoms with Crippen LogP contribution in [0.5, 0.6) is 0 Å². The Morgan fingerprint density at radius 1 is 0.674 bits per heavy atom. The Labute approximate surface area is 240 Å². The van der Waals surface area contributed by atoms with Crippen molar-refractivity contribution in [3.63, 3.8) is 0 Å². The molecule has 43 heavy (non-hydrogen) atoms. The van der Waals surface area contributed by atoms with Gasteiger partial charge < -0.3 is 15.6 Å². The predicted octanol–water partition coefficient (Wildman–Crippen LogP) is 6.20. The van der Waals surface area contributed by atoms with E-state index in [2.05, 4.69) is 20.6 Å². The fourth-order valence-electron chi connectivity index (χ4n) is 6.00. The molecule has 0 spiro atoms. The summed E-state index contributed by atoms with van der Waals surface area (Å²) in [4.78, 5) is 56.5. The molecule has 2 amide bonds. The lowest BCUT2D eigenvalue weighted by Gasteiger charge is -2.19. The van der Waals surface area contributed by atoms with E-state index in [0.717, 1.165) is 0 Å². The van der Waals surface area contributed by atoms with Gasteiger partial charge >= 0.3 is 12.4 Å². The summed E-state index contributed by atoms with van der Waals surface area (Å²) in [5.74, 6) is -9.61. The van der Waals surface area contributed by atoms with Gasteiger partial charge in [-0.15, -0.1) is 0 Å². The number of imidazole rings is 1. The normalized spacial score (nSPS) is 22.5. The van der Waals surface area contributed by atoms with Crippen LogP contribution in [-0.4, -0.2) is 45.7 Å². The highest BCUT2D eigenvalue weighted by Gasteiger charge is 2.50. The standard InChI is InChI=1S/C29H26F6N4O4/c30-28(31,32)23(40)17-3-1-5-19(17)26(42)36-15-9-7-14(8-10-15)25-38-21-12-11-16(13-22(21)39-25)37-27(43)20-6-2-4-18(20)24(41)29(33,34)35/h7-13,17-20H,1-6H2,(H,36,42)(H,37,43)(H,38,39). The van der Waals surface area contributed by atoms with Crippen molar-refractivity contribution >= 4 is 45.8 Å². The molecule has 8 nitrogen and oxygen atoms in total. The molecule has 4 atom stereocenters. The van der Waals surface area contributed by atoms with Crippen molar-refractivity contribution < 1.29 is 45.5 Å². The average molecular weight is 609 g/mol. The number of nitrogens with one attached hydrogen (secondary N) is 3. The third kappa shape index (κ3) is 6.42. The number of hydrogen-bond acceptors (Lipinski definition) is 5. The topological polar surface area (TPSA) is 121 Å². The molecule has 2 saturated carbocycles. The zero-order valence-corrected chi connectivity index (χ0v) is 22.4. The molecule has 0 saturated heterocycles. The third-order valence-corrected chi connectivity index (χ3v) is 8.11. The lowest BCUT2D eigenvalue weighted by Crippen LogP contribution is -2.37. The fourth-order valence-corrected chi connectivity index (χ4v) is 6.00. The zero-order chi connectivity index (χ0) is 31.1. The number of H-pyrrole nitrogens is 1. The number of Topliss-reactive ketones (excluding diaryl/α,β-unsaturated/α-hetero) is 2. The van der Waals surface area contributed by atoms with Crippen LogP contribution >= 0.6 is 0 Å². The van der Waals surface area contributed by atoms with E-state index in [9.17, 15) is 45.5 Å². The second-order valence-electron chi connectivity index (χ2n) is 10.9. The van der Waals surface area contributed by atoms with Crippen molar-refractivity contribution in [2.24, 2.45) is 23.7 Å². The summed E-state index contributed by atoms with van der Waals surface area (Å²) in [6.45, 7) is 0. The maximum atomic E-state index is 12.9. The van der Waals surface area contributed by atoms with Crippen molar-refractivity contribution in [3.05, 3.63) is 42.5 Å². The smallest absolute Gasteiger partial charge is 0.338 e. The van der Waals surface area contributed by atoms with E-state index in [1.54, 1.807) is 42.5 Å². The van der Waals surface area contributed by atoms with Gasteiger partial charge in [-0.25, -0.2) is 4.98 Å². The van der Waals surface area contributed by atoms with E-state index in [-0.39, 0.29) is 25.7 Å². The summed E-state index contributed by atoms with van der Waals surface area (Å²) in [5, 5.41) is 5.18. The van der Waals surface area contributed by atoms with Gasteiger partial charge in [-0.3, -0.25) is 19.2 Å². The molecule has 14 heteroatoms. The Morgan fingerprint density at radius 2 is 1.14 bits per heavy atom. The first kappa shape index (κ1) is 30.2. The second-order valence-corrected chi connectivity index (χ2v) is 10.9. The number of ketones is 2. The van der Waals surface area contributed by atoms with Gasteiger partial charge in [-0.1, -0.05) is 12.8 Å². The number of fused-ring (bicyclic) bond motifs is 1. The molecule has 2 aromatic carbocycles. The molecule has 228 valence electrons. The van der Waals surface area contributed by atoms with Gasteiger partial charge in [-0.05, 0) is 68.1 Å². The van der Waals surface area contributed by atoms with Crippen molar-refractivity contribution in [1.82, 2.24) is 9.97 Å². The molecule has 1 heterocycles. The Hall–Kier alpha value is -4.23. The second kappa shape index (κ2) is 11.5. The molecule has 0 bridgehead atoms. The van der Waals surface area contributed by atoms with Gasteiger partial charge in [0.25, 0.3) is 0 Å². The summed E-state index contributed by atoms with van der Waals surface area (Å²) in [7, 11) is 0. The average Bonchev–Trinajstić information content (AvgIpc) is 3.71. The number of anilines is 2. The number of carbonyl (C=O) groups excluding carboxylic acids is 4. The number of carbonyl (C=O) groups is 4. The van der Waals surface area contributed by atoms with Crippen LogP contribution in [0, 0.1) is 23.7 Å². The lowest BCUT2D eigenvalue weighted by atomic mass is 9.90. The molecule has 4 unspecified atom stereocenters. The van der Waals surface area contributed by atoms with Gasteiger partial charge in [0.15, 0.2) is 0 Å². The zero-order valence-electron chi connectivity index (χ0n) is 22.4. The molecule has 0 radical (unpaired) electrons. The quantitative estimate of drug-likeness (QED) is 0.276. The third-order valence-electron chi connectivity index (χ3n) is 8.11. The molecule has 2 aliphatic carbocycles. The van der Waals surface area contributed by atoms with Crippen LogP contribution < -0.4 is 10.6 Å². The van der Waals surface area contributed by atoms with E-state index in [4.69, 9.17) is 0 Å². The number of benzene rings is 2. The van der Waals surface area contributed by atoms with Crippen LogP contribution in [0.1, 0.15) is 38.5 Å². The first-order valence-corrected chi connectivity index (χ1v) is 13.7. The molecule has 1 aromatic heterocycles. The van der Waals surface area contributed by atoms with E-state index in [0.29, 0.717) is 46.6 Å². The minimum absolute atomic E-state index is 0.000671. The Morgan fingerprint density at radius 3 is 1.65 bits per heavy atom. The number of rotatable bonds is 7. The van der Waals surface area contributed by atoms with Crippen molar-refractivity contribution in [2.75, 3.05) is 10.6 Å². The highest BCUT2D eigenvalue weighted by Crippen LogP contribution is 2.39.